The molecule has 0 unspecified atom stereocenters. The van der Waals surface area contributed by atoms with Crippen molar-refractivity contribution in [3.8, 4) is 0 Å². The summed E-state index contributed by atoms with van der Waals surface area (Å²) in [4.78, 5) is 0. The normalized spacial score (nSPS) is 31.6. The quantitative estimate of drug-likeness (QED) is 0.655. The summed E-state index contributed by atoms with van der Waals surface area (Å²) >= 11 is 0. The fourth-order valence-corrected chi connectivity index (χ4v) is 1.03. The van der Waals surface area contributed by atoms with Crippen LogP contribution in [0.3, 0.4) is 0 Å². The third-order valence-corrected chi connectivity index (χ3v) is 1.77. The van der Waals surface area contributed by atoms with Crippen LogP contribution < -0.4 is 0 Å². The lowest BCUT2D eigenvalue weighted by Gasteiger charge is -2.21. The van der Waals surface area contributed by atoms with Crippen LogP contribution in [0.15, 0.2) is 0 Å². The van der Waals surface area contributed by atoms with Gasteiger partial charge in [0, 0.05) is 13.0 Å². The zero-order chi connectivity index (χ0) is 8.32. The van der Waals surface area contributed by atoms with Gasteiger partial charge in [0.05, 0.1) is 19.3 Å². The monoisotopic (exact) mass is 160 g/mol. The Morgan fingerprint density at radius 1 is 1.64 bits per heavy atom. The van der Waals surface area contributed by atoms with Gasteiger partial charge in [-0.2, -0.15) is 0 Å². The maximum Gasteiger partial charge on any atom is 0.113 e. The minimum Gasteiger partial charge on any atom is -0.385 e. The van der Waals surface area contributed by atoms with Crippen molar-refractivity contribution < 1.29 is 14.6 Å². The first-order valence-corrected chi connectivity index (χ1v) is 4.04. The van der Waals surface area contributed by atoms with Crippen molar-refractivity contribution >= 4 is 0 Å². The molecule has 0 aromatic rings. The van der Waals surface area contributed by atoms with E-state index >= 15 is 0 Å². The fourth-order valence-electron chi connectivity index (χ4n) is 1.03. The van der Waals surface area contributed by atoms with E-state index in [1.54, 1.807) is 0 Å². The lowest BCUT2D eigenvalue weighted by atomic mass is 10.1. The number of ether oxygens (including phenoxy) is 2. The van der Waals surface area contributed by atoms with E-state index in [9.17, 15) is 5.11 Å². The van der Waals surface area contributed by atoms with Crippen LogP contribution in [0.1, 0.15) is 20.3 Å². The van der Waals surface area contributed by atoms with E-state index in [1.165, 1.54) is 0 Å². The van der Waals surface area contributed by atoms with Gasteiger partial charge in [0.1, 0.15) is 5.60 Å². The second-order valence-electron chi connectivity index (χ2n) is 3.39. The molecule has 1 fully saturated rings. The van der Waals surface area contributed by atoms with Gasteiger partial charge in [-0.3, -0.25) is 0 Å². The Morgan fingerprint density at radius 3 is 2.82 bits per heavy atom. The molecule has 0 amide bonds. The van der Waals surface area contributed by atoms with Crippen molar-refractivity contribution in [2.24, 2.45) is 0 Å². The molecule has 0 radical (unpaired) electrons. The fraction of sp³-hybridized carbons (Fsp3) is 1.00. The van der Waals surface area contributed by atoms with Gasteiger partial charge in [0.2, 0.25) is 0 Å². The molecule has 0 aromatic heterocycles. The summed E-state index contributed by atoms with van der Waals surface area (Å²) in [5.41, 5.74) is -0.718. The summed E-state index contributed by atoms with van der Waals surface area (Å²) in [7, 11) is 0. The van der Waals surface area contributed by atoms with Gasteiger partial charge in [-0.1, -0.05) is 0 Å². The third-order valence-electron chi connectivity index (χ3n) is 1.77. The summed E-state index contributed by atoms with van der Waals surface area (Å²) in [5, 5.41) is 9.69. The Hall–Kier alpha value is -0.120. The van der Waals surface area contributed by atoms with Crippen molar-refractivity contribution in [3.63, 3.8) is 0 Å². The van der Waals surface area contributed by atoms with E-state index in [2.05, 4.69) is 0 Å². The maximum atomic E-state index is 9.69. The number of hydrogen-bond donors (Lipinski definition) is 1. The molecule has 1 N–H and O–H groups in total. The zero-order valence-electron chi connectivity index (χ0n) is 7.17. The number of rotatable bonds is 3. The molecule has 1 saturated heterocycles. The first kappa shape index (κ1) is 8.97. The van der Waals surface area contributed by atoms with Crippen molar-refractivity contribution in [1.29, 1.82) is 0 Å². The van der Waals surface area contributed by atoms with E-state index in [4.69, 9.17) is 9.47 Å². The molecule has 0 saturated carbocycles. The highest BCUT2D eigenvalue weighted by Crippen LogP contribution is 2.18. The Balaban J connectivity index is 2.23. The van der Waals surface area contributed by atoms with Crippen LogP contribution in [0.2, 0.25) is 0 Å². The van der Waals surface area contributed by atoms with Crippen molar-refractivity contribution in [2.75, 3.05) is 19.8 Å². The van der Waals surface area contributed by atoms with Crippen molar-refractivity contribution in [3.05, 3.63) is 0 Å². The molecule has 1 heterocycles. The summed E-state index contributed by atoms with van der Waals surface area (Å²) in [6.45, 7) is 5.38. The van der Waals surface area contributed by atoms with Crippen LogP contribution >= 0.6 is 0 Å². The molecule has 1 rings (SSSR count). The highest BCUT2D eigenvalue weighted by molar-refractivity contribution is 4.82. The molecule has 1 aliphatic rings. The Kier molecular flexibility index (Phi) is 2.87. The van der Waals surface area contributed by atoms with Crippen LogP contribution in [-0.2, 0) is 9.47 Å². The average Bonchev–Trinajstić information content (AvgIpc) is 2.33. The molecule has 0 bridgehead atoms. The van der Waals surface area contributed by atoms with Gasteiger partial charge in [0.25, 0.3) is 0 Å². The van der Waals surface area contributed by atoms with Crippen LogP contribution in [0, 0.1) is 0 Å². The molecule has 1 aliphatic heterocycles. The molecular formula is C8H16O3. The van der Waals surface area contributed by atoms with Crippen LogP contribution in [0.4, 0.5) is 0 Å². The molecule has 66 valence electrons. The van der Waals surface area contributed by atoms with Gasteiger partial charge in [-0.25, -0.2) is 0 Å². The largest absolute Gasteiger partial charge is 0.385 e. The Bertz CT molecular complexity index is 117. The minimum absolute atomic E-state index is 0.180. The molecule has 11 heavy (non-hydrogen) atoms. The van der Waals surface area contributed by atoms with Crippen LogP contribution in [0.5, 0.6) is 0 Å². The average molecular weight is 160 g/mol. The lowest BCUT2D eigenvalue weighted by Crippen LogP contribution is -2.35. The predicted molar refractivity (Wildman–Crippen MR) is 41.5 cm³/mol. The molecular weight excluding hydrogens is 144 g/mol. The second kappa shape index (κ2) is 3.52. The molecule has 0 spiro atoms. The van der Waals surface area contributed by atoms with E-state index in [0.717, 1.165) is 0 Å². The molecule has 0 aliphatic carbocycles. The summed E-state index contributed by atoms with van der Waals surface area (Å²) in [6.07, 6.45) is 0.874. The summed E-state index contributed by atoms with van der Waals surface area (Å²) < 4.78 is 10.4. The SMILES string of the molecule is CC(C)OC[C@@]1(O)CCOC1. The van der Waals surface area contributed by atoms with E-state index in [1.807, 2.05) is 13.8 Å². The van der Waals surface area contributed by atoms with E-state index in [-0.39, 0.29) is 6.10 Å². The first-order valence-electron chi connectivity index (χ1n) is 4.04. The lowest BCUT2D eigenvalue weighted by molar-refractivity contribution is -0.0660. The summed E-state index contributed by atoms with van der Waals surface area (Å²) in [6, 6.07) is 0. The summed E-state index contributed by atoms with van der Waals surface area (Å²) in [5.74, 6) is 0. The van der Waals surface area contributed by atoms with E-state index in [0.29, 0.717) is 26.2 Å². The Morgan fingerprint density at radius 2 is 2.36 bits per heavy atom. The highest BCUT2D eigenvalue weighted by Gasteiger charge is 2.32. The minimum atomic E-state index is -0.718. The molecule has 3 heteroatoms. The van der Waals surface area contributed by atoms with Gasteiger partial charge in [-0.15, -0.1) is 0 Å². The number of aliphatic hydroxyl groups is 1. The topological polar surface area (TPSA) is 38.7 Å². The first-order chi connectivity index (χ1) is 5.12. The third kappa shape index (κ3) is 2.77. The van der Waals surface area contributed by atoms with Gasteiger partial charge < -0.3 is 14.6 Å². The standard InChI is InChI=1S/C8H16O3/c1-7(2)11-6-8(9)3-4-10-5-8/h7,9H,3-6H2,1-2H3/t8-/m1/s1. The van der Waals surface area contributed by atoms with E-state index < -0.39 is 5.60 Å². The smallest absolute Gasteiger partial charge is 0.113 e. The molecule has 3 nitrogen and oxygen atoms in total. The van der Waals surface area contributed by atoms with Crippen LogP contribution in [0.25, 0.3) is 0 Å². The van der Waals surface area contributed by atoms with Gasteiger partial charge in [-0.05, 0) is 13.8 Å². The predicted octanol–water partition coefficient (Wildman–Crippen LogP) is 0.563. The number of hydrogen-bond acceptors (Lipinski definition) is 3. The Labute approximate surface area is 67.3 Å². The molecule has 0 aromatic carbocycles. The zero-order valence-corrected chi connectivity index (χ0v) is 7.17. The second-order valence-corrected chi connectivity index (χ2v) is 3.39. The highest BCUT2D eigenvalue weighted by atomic mass is 16.5. The van der Waals surface area contributed by atoms with Crippen molar-refractivity contribution in [1.82, 2.24) is 0 Å². The maximum absolute atomic E-state index is 9.69. The van der Waals surface area contributed by atoms with Gasteiger partial charge in [0.15, 0.2) is 0 Å². The van der Waals surface area contributed by atoms with Crippen molar-refractivity contribution in [2.45, 2.75) is 32.0 Å². The van der Waals surface area contributed by atoms with Crippen LogP contribution in [-0.4, -0.2) is 36.6 Å². The molecule has 1 atom stereocenters. The van der Waals surface area contributed by atoms with Gasteiger partial charge >= 0.3 is 0 Å².